The Morgan fingerprint density at radius 1 is 1.33 bits per heavy atom. The second-order valence-corrected chi connectivity index (χ2v) is 5.86. The molecule has 112 valence electrons. The quantitative estimate of drug-likeness (QED) is 0.916. The molecule has 0 bridgehead atoms. The summed E-state index contributed by atoms with van der Waals surface area (Å²) >= 11 is 0. The van der Waals surface area contributed by atoms with Gasteiger partial charge in [0.05, 0.1) is 0 Å². The molecule has 1 aliphatic rings. The molecule has 2 heterocycles. The number of carbonyl (C=O) groups is 1. The van der Waals surface area contributed by atoms with E-state index in [-0.39, 0.29) is 11.7 Å². The first kappa shape index (κ1) is 14.1. The molecule has 1 amide bonds. The van der Waals surface area contributed by atoms with Gasteiger partial charge < -0.3 is 9.88 Å². The average molecular weight is 288 g/mol. The molecule has 0 saturated carbocycles. The second kappa shape index (κ2) is 5.88. The number of fused-ring (bicyclic) bond motifs is 1. The van der Waals surface area contributed by atoms with Gasteiger partial charge in [0.2, 0.25) is 5.91 Å². The number of piperidine rings is 1. The summed E-state index contributed by atoms with van der Waals surface area (Å²) in [5.41, 5.74) is 2.15. The van der Waals surface area contributed by atoms with Gasteiger partial charge in [-0.25, -0.2) is 4.39 Å². The molecule has 0 aliphatic carbocycles. The summed E-state index contributed by atoms with van der Waals surface area (Å²) in [6, 6.07) is 6.88. The van der Waals surface area contributed by atoms with Crippen LogP contribution in [0.5, 0.6) is 0 Å². The van der Waals surface area contributed by atoms with Crippen molar-refractivity contribution >= 4 is 16.8 Å². The first-order chi connectivity index (χ1) is 10.2. The van der Waals surface area contributed by atoms with Crippen LogP contribution in [0.1, 0.15) is 44.2 Å². The molecule has 1 fully saturated rings. The van der Waals surface area contributed by atoms with Crippen LogP contribution in [0, 0.1) is 5.82 Å². The number of likely N-dealkylation sites (tertiary alicyclic amines) is 1. The molecule has 1 saturated heterocycles. The Morgan fingerprint density at radius 3 is 2.81 bits per heavy atom. The number of carbonyl (C=O) groups excluding carboxylic acids is 1. The van der Waals surface area contributed by atoms with Crippen molar-refractivity contribution < 1.29 is 9.18 Å². The largest absolute Gasteiger partial charge is 0.358 e. The predicted molar refractivity (Wildman–Crippen MR) is 81.7 cm³/mol. The van der Waals surface area contributed by atoms with Crippen LogP contribution >= 0.6 is 0 Å². The second-order valence-electron chi connectivity index (χ2n) is 5.86. The molecule has 1 aromatic heterocycles. The standard InChI is InChI=1S/C17H21FN2O/c1-2-3-17(21)20-8-6-12(7-9-20)16-11-13-10-14(18)4-5-15(13)19-16/h4-5,10-12,19H,2-3,6-9H2,1H3. The molecule has 0 spiro atoms. The van der Waals surface area contributed by atoms with E-state index in [9.17, 15) is 9.18 Å². The van der Waals surface area contributed by atoms with E-state index >= 15 is 0 Å². The Hall–Kier alpha value is -1.84. The Morgan fingerprint density at radius 2 is 2.10 bits per heavy atom. The van der Waals surface area contributed by atoms with Crippen molar-refractivity contribution in [3.05, 3.63) is 35.8 Å². The van der Waals surface area contributed by atoms with Crippen LogP contribution in [0.4, 0.5) is 4.39 Å². The molecule has 1 aliphatic heterocycles. The molecule has 3 rings (SSSR count). The zero-order chi connectivity index (χ0) is 14.8. The number of aromatic nitrogens is 1. The van der Waals surface area contributed by atoms with E-state index in [0.29, 0.717) is 12.3 Å². The van der Waals surface area contributed by atoms with Crippen LogP contribution in [-0.2, 0) is 4.79 Å². The lowest BCUT2D eigenvalue weighted by atomic mass is 9.93. The van der Waals surface area contributed by atoms with Gasteiger partial charge in [0.15, 0.2) is 0 Å². The van der Waals surface area contributed by atoms with Crippen LogP contribution in [0.3, 0.4) is 0 Å². The summed E-state index contributed by atoms with van der Waals surface area (Å²) in [6.07, 6.45) is 3.51. The fraction of sp³-hybridized carbons (Fsp3) is 0.471. The van der Waals surface area contributed by atoms with Crippen LogP contribution < -0.4 is 0 Å². The van der Waals surface area contributed by atoms with E-state index in [4.69, 9.17) is 0 Å². The molecule has 0 unspecified atom stereocenters. The van der Waals surface area contributed by atoms with Crippen LogP contribution in [0.15, 0.2) is 24.3 Å². The molecule has 0 radical (unpaired) electrons. The predicted octanol–water partition coefficient (Wildman–Crippen LogP) is 3.81. The number of H-pyrrole nitrogens is 1. The number of aromatic amines is 1. The van der Waals surface area contributed by atoms with Gasteiger partial charge in [-0.05, 0) is 43.5 Å². The number of rotatable bonds is 3. The van der Waals surface area contributed by atoms with Gasteiger partial charge in [0.1, 0.15) is 5.82 Å². The number of amides is 1. The van der Waals surface area contributed by atoms with E-state index in [0.717, 1.165) is 48.9 Å². The summed E-state index contributed by atoms with van der Waals surface area (Å²) in [5, 5.41) is 0.925. The molecule has 21 heavy (non-hydrogen) atoms. The van der Waals surface area contributed by atoms with Gasteiger partial charge in [-0.3, -0.25) is 4.79 Å². The van der Waals surface area contributed by atoms with Crippen LogP contribution in [0.25, 0.3) is 10.9 Å². The molecule has 3 nitrogen and oxygen atoms in total. The molecule has 4 heteroatoms. The van der Waals surface area contributed by atoms with Crippen molar-refractivity contribution in [1.82, 2.24) is 9.88 Å². The highest BCUT2D eigenvalue weighted by Gasteiger charge is 2.24. The van der Waals surface area contributed by atoms with Gasteiger partial charge in [-0.1, -0.05) is 6.92 Å². The van der Waals surface area contributed by atoms with Crippen LogP contribution in [0.2, 0.25) is 0 Å². The molecule has 1 aromatic carbocycles. The fourth-order valence-electron chi connectivity index (χ4n) is 3.16. The van der Waals surface area contributed by atoms with E-state index in [1.165, 1.54) is 6.07 Å². The summed E-state index contributed by atoms with van der Waals surface area (Å²) in [6.45, 7) is 3.69. The minimum atomic E-state index is -0.201. The Kier molecular flexibility index (Phi) is 3.95. The van der Waals surface area contributed by atoms with Crippen molar-refractivity contribution in [3.8, 4) is 0 Å². The molecule has 2 aromatic rings. The number of halogens is 1. The Bertz CT molecular complexity index is 641. The summed E-state index contributed by atoms with van der Waals surface area (Å²) in [4.78, 5) is 17.3. The Labute approximate surface area is 124 Å². The van der Waals surface area contributed by atoms with Gasteiger partial charge in [0.25, 0.3) is 0 Å². The van der Waals surface area contributed by atoms with Crippen molar-refractivity contribution in [1.29, 1.82) is 0 Å². The Balaban J connectivity index is 1.69. The van der Waals surface area contributed by atoms with E-state index in [1.54, 1.807) is 12.1 Å². The maximum Gasteiger partial charge on any atom is 0.222 e. The molecular formula is C17H21FN2O. The monoisotopic (exact) mass is 288 g/mol. The van der Waals surface area contributed by atoms with Gasteiger partial charge >= 0.3 is 0 Å². The summed E-state index contributed by atoms with van der Waals surface area (Å²) < 4.78 is 13.2. The van der Waals surface area contributed by atoms with Gasteiger partial charge in [-0.2, -0.15) is 0 Å². The third-order valence-corrected chi connectivity index (χ3v) is 4.35. The third-order valence-electron chi connectivity index (χ3n) is 4.35. The maximum absolute atomic E-state index is 13.2. The first-order valence-corrected chi connectivity index (χ1v) is 7.73. The van der Waals surface area contributed by atoms with Crippen LogP contribution in [-0.4, -0.2) is 28.9 Å². The van der Waals surface area contributed by atoms with Crippen molar-refractivity contribution in [2.24, 2.45) is 0 Å². The molecule has 0 atom stereocenters. The van der Waals surface area contributed by atoms with E-state index < -0.39 is 0 Å². The number of hydrogen-bond donors (Lipinski definition) is 1. The lowest BCUT2D eigenvalue weighted by Crippen LogP contribution is -2.37. The molecular weight excluding hydrogens is 267 g/mol. The third kappa shape index (κ3) is 2.94. The smallest absolute Gasteiger partial charge is 0.222 e. The molecule has 1 N–H and O–H groups in total. The minimum absolute atomic E-state index is 0.201. The number of nitrogens with one attached hydrogen (secondary N) is 1. The SMILES string of the molecule is CCCC(=O)N1CCC(c2cc3cc(F)ccc3[nH]2)CC1. The number of hydrogen-bond acceptors (Lipinski definition) is 1. The lowest BCUT2D eigenvalue weighted by Gasteiger charge is -2.31. The fourth-order valence-corrected chi connectivity index (χ4v) is 3.16. The first-order valence-electron chi connectivity index (χ1n) is 7.73. The van der Waals surface area contributed by atoms with E-state index in [1.807, 2.05) is 17.9 Å². The topological polar surface area (TPSA) is 36.1 Å². The average Bonchev–Trinajstić information content (AvgIpc) is 2.90. The highest BCUT2D eigenvalue weighted by Crippen LogP contribution is 2.30. The van der Waals surface area contributed by atoms with Crippen molar-refractivity contribution in [3.63, 3.8) is 0 Å². The minimum Gasteiger partial charge on any atom is -0.358 e. The number of benzene rings is 1. The lowest BCUT2D eigenvalue weighted by molar-refractivity contribution is -0.132. The maximum atomic E-state index is 13.2. The summed E-state index contributed by atoms with van der Waals surface area (Å²) in [7, 11) is 0. The van der Waals surface area contributed by atoms with Gasteiger partial charge in [0, 0.05) is 42.0 Å². The van der Waals surface area contributed by atoms with Crippen molar-refractivity contribution in [2.45, 2.75) is 38.5 Å². The summed E-state index contributed by atoms with van der Waals surface area (Å²) in [5.74, 6) is 0.508. The van der Waals surface area contributed by atoms with Gasteiger partial charge in [-0.15, -0.1) is 0 Å². The van der Waals surface area contributed by atoms with Crippen molar-refractivity contribution in [2.75, 3.05) is 13.1 Å². The number of nitrogens with zero attached hydrogens (tertiary/aromatic N) is 1. The normalized spacial score (nSPS) is 16.6. The zero-order valence-electron chi connectivity index (χ0n) is 12.4. The zero-order valence-corrected chi connectivity index (χ0v) is 12.4. The van der Waals surface area contributed by atoms with E-state index in [2.05, 4.69) is 4.98 Å². The highest BCUT2D eigenvalue weighted by molar-refractivity contribution is 5.80. The highest BCUT2D eigenvalue weighted by atomic mass is 19.1.